The third-order valence-corrected chi connectivity index (χ3v) is 3.24. The molecular weight excluding hydrogens is 214 g/mol. The standard InChI is InChI=1S/C13H19N3O/c1-5-9(4)13-14-11-6-10(8(2)3)7-12(17)16(11)15-13/h6-9H,5H2,1-4H3,(H,14,15). The Morgan fingerprint density at radius 3 is 2.65 bits per heavy atom. The van der Waals surface area contributed by atoms with E-state index in [0.717, 1.165) is 23.5 Å². The summed E-state index contributed by atoms with van der Waals surface area (Å²) in [4.78, 5) is 16.4. The van der Waals surface area contributed by atoms with Crippen molar-refractivity contribution in [1.29, 1.82) is 0 Å². The molecule has 1 N–H and O–H groups in total. The largest absolute Gasteiger partial charge is 0.276 e. The van der Waals surface area contributed by atoms with Gasteiger partial charge in [0.15, 0.2) is 5.65 Å². The smallest absolute Gasteiger partial charge is 0.271 e. The van der Waals surface area contributed by atoms with Crippen molar-refractivity contribution >= 4 is 5.65 Å². The van der Waals surface area contributed by atoms with Crippen molar-refractivity contribution in [3.8, 4) is 0 Å². The van der Waals surface area contributed by atoms with Crippen LogP contribution in [-0.2, 0) is 0 Å². The number of fused-ring (bicyclic) bond motifs is 1. The van der Waals surface area contributed by atoms with Crippen LogP contribution in [0.2, 0.25) is 0 Å². The highest BCUT2D eigenvalue weighted by atomic mass is 16.1. The Labute approximate surface area is 101 Å². The Bertz CT molecular complexity index is 580. The fourth-order valence-electron chi connectivity index (χ4n) is 1.78. The van der Waals surface area contributed by atoms with E-state index < -0.39 is 0 Å². The summed E-state index contributed by atoms with van der Waals surface area (Å²) in [5, 5.41) is 3.07. The van der Waals surface area contributed by atoms with Crippen LogP contribution in [0.25, 0.3) is 5.65 Å². The molecule has 0 aromatic carbocycles. The van der Waals surface area contributed by atoms with Crippen LogP contribution in [0, 0.1) is 0 Å². The first-order valence-corrected chi connectivity index (χ1v) is 6.15. The summed E-state index contributed by atoms with van der Waals surface area (Å²) in [7, 11) is 0. The lowest BCUT2D eigenvalue weighted by Gasteiger charge is -2.03. The summed E-state index contributed by atoms with van der Waals surface area (Å²) in [5.41, 5.74) is 1.72. The molecule has 0 saturated carbocycles. The summed E-state index contributed by atoms with van der Waals surface area (Å²) in [6.07, 6.45) is 1.01. The minimum absolute atomic E-state index is 0.0340. The van der Waals surface area contributed by atoms with Gasteiger partial charge in [0.05, 0.1) is 0 Å². The number of nitrogens with one attached hydrogen (secondary N) is 1. The molecule has 0 radical (unpaired) electrons. The molecule has 2 aromatic heterocycles. The third kappa shape index (κ3) is 2.12. The molecule has 1 unspecified atom stereocenters. The Balaban J connectivity index is 2.61. The Kier molecular flexibility index (Phi) is 3.05. The summed E-state index contributed by atoms with van der Waals surface area (Å²) in [5.74, 6) is 1.57. The minimum Gasteiger partial charge on any atom is -0.276 e. The quantitative estimate of drug-likeness (QED) is 0.886. The summed E-state index contributed by atoms with van der Waals surface area (Å²) >= 11 is 0. The van der Waals surface area contributed by atoms with Crippen LogP contribution < -0.4 is 5.56 Å². The molecule has 0 aliphatic heterocycles. The fourth-order valence-corrected chi connectivity index (χ4v) is 1.78. The molecule has 2 aromatic rings. The highest BCUT2D eigenvalue weighted by Crippen LogP contribution is 2.17. The molecule has 0 aliphatic rings. The maximum absolute atomic E-state index is 11.9. The molecule has 1 atom stereocenters. The first-order valence-electron chi connectivity index (χ1n) is 6.15. The van der Waals surface area contributed by atoms with Gasteiger partial charge in [-0.05, 0) is 24.0 Å². The number of hydrogen-bond acceptors (Lipinski definition) is 2. The normalized spacial score (nSPS) is 13.5. The van der Waals surface area contributed by atoms with Gasteiger partial charge in [-0.3, -0.25) is 9.89 Å². The number of H-pyrrole nitrogens is 1. The van der Waals surface area contributed by atoms with Crippen LogP contribution in [0.1, 0.15) is 57.3 Å². The van der Waals surface area contributed by atoms with Crippen LogP contribution >= 0.6 is 0 Å². The van der Waals surface area contributed by atoms with Gasteiger partial charge in [-0.2, -0.15) is 0 Å². The van der Waals surface area contributed by atoms with Crippen LogP contribution in [0.5, 0.6) is 0 Å². The van der Waals surface area contributed by atoms with Crippen molar-refractivity contribution < 1.29 is 0 Å². The van der Waals surface area contributed by atoms with Crippen molar-refractivity contribution in [2.24, 2.45) is 0 Å². The first kappa shape index (κ1) is 11.9. The lowest BCUT2D eigenvalue weighted by atomic mass is 10.1. The van der Waals surface area contributed by atoms with Gasteiger partial charge in [0, 0.05) is 12.0 Å². The lowest BCUT2D eigenvalue weighted by molar-refractivity contribution is 0.674. The second-order valence-corrected chi connectivity index (χ2v) is 4.89. The second-order valence-electron chi connectivity index (χ2n) is 4.89. The summed E-state index contributed by atoms with van der Waals surface area (Å²) in [6, 6.07) is 3.66. The number of rotatable bonds is 3. The number of pyridine rings is 1. The van der Waals surface area contributed by atoms with E-state index in [9.17, 15) is 4.79 Å². The average Bonchev–Trinajstić information content (AvgIpc) is 2.72. The lowest BCUT2D eigenvalue weighted by Crippen LogP contribution is -2.14. The predicted molar refractivity (Wildman–Crippen MR) is 68.6 cm³/mol. The maximum Gasteiger partial charge on any atom is 0.271 e. The number of hydrogen-bond donors (Lipinski definition) is 1. The van der Waals surface area contributed by atoms with Gasteiger partial charge in [0.25, 0.3) is 5.56 Å². The zero-order valence-corrected chi connectivity index (χ0v) is 10.8. The van der Waals surface area contributed by atoms with Crippen LogP contribution in [0.4, 0.5) is 0 Å². The molecule has 92 valence electrons. The van der Waals surface area contributed by atoms with E-state index in [-0.39, 0.29) is 5.56 Å². The van der Waals surface area contributed by atoms with Gasteiger partial charge in [-0.1, -0.05) is 27.7 Å². The second kappa shape index (κ2) is 4.35. The Morgan fingerprint density at radius 1 is 1.35 bits per heavy atom. The molecule has 0 amide bonds. The van der Waals surface area contributed by atoms with Crippen molar-refractivity contribution in [3.05, 3.63) is 33.9 Å². The number of aromatic amines is 1. The Morgan fingerprint density at radius 2 is 2.06 bits per heavy atom. The van der Waals surface area contributed by atoms with E-state index >= 15 is 0 Å². The molecule has 0 spiro atoms. The molecule has 2 heterocycles. The monoisotopic (exact) mass is 233 g/mol. The third-order valence-electron chi connectivity index (χ3n) is 3.24. The topological polar surface area (TPSA) is 50.2 Å². The van der Waals surface area contributed by atoms with Crippen LogP contribution in [0.15, 0.2) is 16.9 Å². The molecule has 2 rings (SSSR count). The van der Waals surface area contributed by atoms with E-state index in [4.69, 9.17) is 0 Å². The molecule has 4 heteroatoms. The zero-order valence-electron chi connectivity index (χ0n) is 10.8. The number of aromatic nitrogens is 3. The van der Waals surface area contributed by atoms with E-state index in [1.165, 1.54) is 4.52 Å². The van der Waals surface area contributed by atoms with E-state index in [1.54, 1.807) is 6.07 Å². The molecule has 0 fully saturated rings. The van der Waals surface area contributed by atoms with Crippen molar-refractivity contribution in [2.75, 3.05) is 0 Å². The van der Waals surface area contributed by atoms with Crippen LogP contribution in [-0.4, -0.2) is 14.6 Å². The maximum atomic E-state index is 11.9. The number of nitrogens with zero attached hydrogens (tertiary/aromatic N) is 2. The Hall–Kier alpha value is -1.58. The van der Waals surface area contributed by atoms with E-state index in [1.807, 2.05) is 6.07 Å². The van der Waals surface area contributed by atoms with E-state index in [0.29, 0.717) is 11.8 Å². The van der Waals surface area contributed by atoms with Gasteiger partial charge in [-0.15, -0.1) is 0 Å². The van der Waals surface area contributed by atoms with Gasteiger partial charge >= 0.3 is 0 Å². The molecule has 0 bridgehead atoms. The van der Waals surface area contributed by atoms with E-state index in [2.05, 4.69) is 37.8 Å². The highest BCUT2D eigenvalue weighted by Gasteiger charge is 2.11. The van der Waals surface area contributed by atoms with Gasteiger partial charge in [0.2, 0.25) is 0 Å². The van der Waals surface area contributed by atoms with Crippen molar-refractivity contribution in [3.63, 3.8) is 0 Å². The summed E-state index contributed by atoms with van der Waals surface area (Å²) in [6.45, 7) is 8.37. The molecule has 4 nitrogen and oxygen atoms in total. The van der Waals surface area contributed by atoms with Gasteiger partial charge in [-0.25, -0.2) is 9.50 Å². The molecular formula is C13H19N3O. The van der Waals surface area contributed by atoms with Gasteiger partial charge < -0.3 is 0 Å². The zero-order chi connectivity index (χ0) is 12.6. The summed E-state index contributed by atoms with van der Waals surface area (Å²) < 4.78 is 1.52. The van der Waals surface area contributed by atoms with Crippen molar-refractivity contribution in [1.82, 2.24) is 14.6 Å². The average molecular weight is 233 g/mol. The minimum atomic E-state index is -0.0340. The predicted octanol–water partition coefficient (Wildman–Crippen LogP) is 2.66. The SMILES string of the molecule is CCC(C)c1nc2cc(C(C)C)cc(=O)n2[nH]1. The molecule has 0 saturated heterocycles. The van der Waals surface area contributed by atoms with Gasteiger partial charge in [0.1, 0.15) is 5.82 Å². The first-order chi connectivity index (χ1) is 8.02. The van der Waals surface area contributed by atoms with Crippen LogP contribution in [0.3, 0.4) is 0 Å². The fraction of sp³-hybridized carbons (Fsp3) is 0.538. The highest BCUT2D eigenvalue weighted by molar-refractivity contribution is 5.41. The van der Waals surface area contributed by atoms with Crippen molar-refractivity contribution in [2.45, 2.75) is 46.0 Å². The molecule has 0 aliphatic carbocycles. The molecule has 17 heavy (non-hydrogen) atoms.